The van der Waals surface area contributed by atoms with E-state index >= 15 is 0 Å². The van der Waals surface area contributed by atoms with Crippen LogP contribution in [0.5, 0.6) is 0 Å². The zero-order valence-corrected chi connectivity index (χ0v) is 18.5. The van der Waals surface area contributed by atoms with Gasteiger partial charge in [0, 0.05) is 48.6 Å². The van der Waals surface area contributed by atoms with Crippen LogP contribution < -0.4 is 0 Å². The zero-order chi connectivity index (χ0) is 22.9. The van der Waals surface area contributed by atoms with E-state index in [4.69, 9.17) is 4.52 Å². The molecule has 4 atom stereocenters. The molecule has 0 amide bonds. The van der Waals surface area contributed by atoms with Crippen LogP contribution in [0.25, 0.3) is 11.3 Å². The van der Waals surface area contributed by atoms with Gasteiger partial charge in [-0.1, -0.05) is 17.0 Å². The second-order valence-electron chi connectivity index (χ2n) is 8.94. The Bertz CT molecular complexity index is 1140. The lowest BCUT2D eigenvalue weighted by Gasteiger charge is -2.25. The lowest BCUT2D eigenvalue weighted by Crippen LogP contribution is -2.40. The third-order valence-corrected chi connectivity index (χ3v) is 6.73. The second-order valence-corrected chi connectivity index (χ2v) is 8.94. The molecule has 172 valence electrons. The Morgan fingerprint density at radius 2 is 1.88 bits per heavy atom. The summed E-state index contributed by atoms with van der Waals surface area (Å²) in [6.45, 7) is 3.97. The van der Waals surface area contributed by atoms with Gasteiger partial charge in [-0.05, 0) is 43.0 Å². The predicted molar refractivity (Wildman–Crippen MR) is 121 cm³/mol. The molecular weight excluding hydrogens is 420 g/mol. The van der Waals surface area contributed by atoms with Gasteiger partial charge in [-0.3, -0.25) is 4.90 Å². The summed E-state index contributed by atoms with van der Waals surface area (Å²) >= 11 is 0. The van der Waals surface area contributed by atoms with Crippen molar-refractivity contribution in [2.24, 2.45) is 17.8 Å². The van der Waals surface area contributed by atoms with Crippen molar-refractivity contribution in [3.05, 3.63) is 59.8 Å². The molecule has 3 N–H and O–H groups in total. The van der Waals surface area contributed by atoms with Crippen LogP contribution in [-0.2, 0) is 6.54 Å². The summed E-state index contributed by atoms with van der Waals surface area (Å²) in [7, 11) is 0. The van der Waals surface area contributed by atoms with E-state index in [0.717, 1.165) is 29.9 Å². The number of imidazole rings is 1. The Hall–Kier alpha value is -2.96. The number of likely N-dealkylation sites (tertiary alicyclic amines) is 1. The molecule has 1 aliphatic carbocycles. The molecule has 33 heavy (non-hydrogen) atoms. The number of hydrogen-bond donors (Lipinski definition) is 3. The van der Waals surface area contributed by atoms with Gasteiger partial charge in [0.15, 0.2) is 5.76 Å². The van der Waals surface area contributed by atoms with Crippen molar-refractivity contribution in [2.75, 3.05) is 26.3 Å². The van der Waals surface area contributed by atoms with Crippen molar-refractivity contribution in [2.45, 2.75) is 25.6 Å². The monoisotopic (exact) mass is 448 g/mol. The fourth-order valence-corrected chi connectivity index (χ4v) is 4.76. The average Bonchev–Trinajstić information content (AvgIpc) is 3.31. The van der Waals surface area contributed by atoms with Crippen molar-refractivity contribution in [3.8, 4) is 23.2 Å². The molecule has 8 heteroatoms. The fourth-order valence-electron chi connectivity index (χ4n) is 4.76. The van der Waals surface area contributed by atoms with E-state index in [1.54, 1.807) is 13.1 Å². The molecule has 0 unspecified atom stereocenters. The minimum atomic E-state index is -0.646. The number of nitrogens with zero attached hydrogens (tertiary/aromatic N) is 4. The highest BCUT2D eigenvalue weighted by Crippen LogP contribution is 2.51. The van der Waals surface area contributed by atoms with Gasteiger partial charge in [0.05, 0.1) is 25.8 Å². The number of aliphatic hydroxyl groups excluding tert-OH is 3. The van der Waals surface area contributed by atoms with Gasteiger partial charge in [0.1, 0.15) is 17.6 Å². The van der Waals surface area contributed by atoms with Crippen molar-refractivity contribution in [1.29, 1.82) is 0 Å². The molecule has 1 saturated carbocycles. The Kier molecular flexibility index (Phi) is 6.04. The Morgan fingerprint density at radius 3 is 2.55 bits per heavy atom. The molecule has 2 fully saturated rings. The highest BCUT2D eigenvalue weighted by molar-refractivity contribution is 5.59. The molecular formula is C25H28N4O4. The van der Waals surface area contributed by atoms with Crippen molar-refractivity contribution >= 4 is 0 Å². The molecule has 2 aromatic heterocycles. The van der Waals surface area contributed by atoms with E-state index < -0.39 is 6.10 Å². The molecule has 1 aliphatic heterocycles. The van der Waals surface area contributed by atoms with E-state index in [2.05, 4.69) is 26.9 Å². The molecule has 2 aliphatic rings. The maximum atomic E-state index is 9.80. The van der Waals surface area contributed by atoms with Crippen molar-refractivity contribution in [1.82, 2.24) is 19.6 Å². The van der Waals surface area contributed by atoms with E-state index in [1.807, 2.05) is 41.1 Å². The van der Waals surface area contributed by atoms with E-state index in [0.29, 0.717) is 35.9 Å². The first-order valence-corrected chi connectivity index (χ1v) is 11.3. The van der Waals surface area contributed by atoms with E-state index in [-0.39, 0.29) is 19.3 Å². The quantitative estimate of drug-likeness (QED) is 0.471. The third kappa shape index (κ3) is 4.45. The minimum Gasteiger partial charge on any atom is -0.395 e. The Labute approximate surface area is 192 Å². The summed E-state index contributed by atoms with van der Waals surface area (Å²) in [5, 5.41) is 32.7. The van der Waals surface area contributed by atoms with Crippen LogP contribution in [0.2, 0.25) is 0 Å². The molecule has 1 saturated heterocycles. The first-order chi connectivity index (χ1) is 16.1. The van der Waals surface area contributed by atoms with Crippen LogP contribution in [0, 0.1) is 29.6 Å². The standard InChI is InChI=1S/C25H28N4O4/c1-16(32)25-26-8-9-28(25)11-19-10-24(33-27-19)18-5-2-17(3-6-18)4-7-21-22-12-29(13-23(21)22)20(14-30)15-31/h2-3,5-6,8-10,16,20-23,30-32H,11-15H2,1H3/t16-,21-,22+,23-/m0/s1. The third-order valence-electron chi connectivity index (χ3n) is 6.73. The minimum absolute atomic E-state index is 0.00220. The van der Waals surface area contributed by atoms with Crippen LogP contribution in [-0.4, -0.2) is 67.3 Å². The number of hydrogen-bond acceptors (Lipinski definition) is 7. The highest BCUT2D eigenvalue weighted by atomic mass is 16.5. The van der Waals surface area contributed by atoms with Gasteiger partial charge >= 0.3 is 0 Å². The summed E-state index contributed by atoms with van der Waals surface area (Å²) in [6.07, 6.45) is 2.83. The molecule has 5 rings (SSSR count). The van der Waals surface area contributed by atoms with Gasteiger partial charge in [-0.15, -0.1) is 0 Å². The maximum absolute atomic E-state index is 9.80. The summed E-state index contributed by atoms with van der Waals surface area (Å²) < 4.78 is 7.38. The topological polar surface area (TPSA) is 108 Å². The lowest BCUT2D eigenvalue weighted by molar-refractivity contribution is 0.0809. The summed E-state index contributed by atoms with van der Waals surface area (Å²) in [5.74, 6) is 9.48. The molecule has 3 heterocycles. The number of piperidine rings is 1. The molecule has 1 aromatic carbocycles. The van der Waals surface area contributed by atoms with E-state index in [9.17, 15) is 15.3 Å². The van der Waals surface area contributed by atoms with Gasteiger partial charge < -0.3 is 24.4 Å². The zero-order valence-electron chi connectivity index (χ0n) is 18.5. The number of rotatable bonds is 7. The fraction of sp³-hybridized carbons (Fsp3) is 0.440. The van der Waals surface area contributed by atoms with E-state index in [1.165, 1.54) is 0 Å². The summed E-state index contributed by atoms with van der Waals surface area (Å²) in [5.41, 5.74) is 2.65. The SMILES string of the molecule is C[C@H](O)c1nccn1Cc1cc(-c2ccc(C#C[C@H]3[C@H]4CN(C(CO)CO)C[C@@H]34)cc2)on1. The number of benzene rings is 1. The molecule has 3 aromatic rings. The molecule has 0 spiro atoms. The largest absolute Gasteiger partial charge is 0.395 e. The second kappa shape index (κ2) is 9.12. The maximum Gasteiger partial charge on any atom is 0.167 e. The predicted octanol–water partition coefficient (Wildman–Crippen LogP) is 1.52. The van der Waals surface area contributed by atoms with Crippen LogP contribution in [0.3, 0.4) is 0 Å². The van der Waals surface area contributed by atoms with Crippen molar-refractivity contribution < 1.29 is 19.8 Å². The van der Waals surface area contributed by atoms with Gasteiger partial charge in [-0.2, -0.15) is 0 Å². The van der Waals surface area contributed by atoms with Crippen LogP contribution in [0.15, 0.2) is 47.2 Å². The first kappa shape index (κ1) is 21.9. The Balaban J connectivity index is 1.19. The summed E-state index contributed by atoms with van der Waals surface area (Å²) in [6, 6.07) is 9.70. The van der Waals surface area contributed by atoms with Crippen LogP contribution in [0.4, 0.5) is 0 Å². The molecule has 0 bridgehead atoms. The highest BCUT2D eigenvalue weighted by Gasteiger charge is 2.55. The first-order valence-electron chi connectivity index (χ1n) is 11.3. The summed E-state index contributed by atoms with van der Waals surface area (Å²) in [4.78, 5) is 6.35. The molecule has 8 nitrogen and oxygen atoms in total. The average molecular weight is 449 g/mol. The Morgan fingerprint density at radius 1 is 1.15 bits per heavy atom. The van der Waals surface area contributed by atoms with Gasteiger partial charge in [0.25, 0.3) is 0 Å². The number of aromatic nitrogens is 3. The normalized spacial score (nSPS) is 22.8. The smallest absolute Gasteiger partial charge is 0.167 e. The van der Waals surface area contributed by atoms with Crippen molar-refractivity contribution in [3.63, 3.8) is 0 Å². The number of aliphatic hydroxyl groups is 3. The van der Waals surface area contributed by atoms with Gasteiger partial charge in [0.2, 0.25) is 0 Å². The van der Waals surface area contributed by atoms with Crippen LogP contribution in [0.1, 0.15) is 30.1 Å². The van der Waals surface area contributed by atoms with Crippen LogP contribution >= 0.6 is 0 Å². The van der Waals surface area contributed by atoms with Gasteiger partial charge in [-0.25, -0.2) is 4.98 Å². The molecule has 0 radical (unpaired) electrons. The number of fused-ring (bicyclic) bond motifs is 1. The lowest BCUT2D eigenvalue weighted by atomic mass is 10.1.